The summed E-state index contributed by atoms with van der Waals surface area (Å²) in [6.45, 7) is 2.82. The molecule has 0 unspecified atom stereocenters. The summed E-state index contributed by atoms with van der Waals surface area (Å²) in [6, 6.07) is 0. The average molecular weight is 249 g/mol. The van der Waals surface area contributed by atoms with Crippen LogP contribution >= 0.6 is 0 Å². The number of rotatable bonds is 9. The van der Waals surface area contributed by atoms with Crippen LogP contribution in [0.3, 0.4) is 0 Å². The first-order valence-electron chi connectivity index (χ1n) is 5.90. The van der Waals surface area contributed by atoms with E-state index < -0.39 is 9.84 Å². The summed E-state index contributed by atoms with van der Waals surface area (Å²) in [4.78, 5) is 11.2. The van der Waals surface area contributed by atoms with Crippen LogP contribution in [0.25, 0.3) is 0 Å². The molecule has 5 heteroatoms. The summed E-state index contributed by atoms with van der Waals surface area (Å²) < 4.78 is 21.6. The molecule has 0 aliphatic carbocycles. The molecule has 0 radical (unpaired) electrons. The average Bonchev–Trinajstić information content (AvgIpc) is 2.19. The number of carbonyl (C=O) groups excluding carboxylic acids is 1. The van der Waals surface area contributed by atoms with E-state index in [2.05, 4.69) is 12.2 Å². The van der Waals surface area contributed by atoms with E-state index >= 15 is 0 Å². The maximum Gasteiger partial charge on any atom is 0.221 e. The normalized spacial score (nSPS) is 11.4. The third-order valence-electron chi connectivity index (χ3n) is 2.30. The lowest BCUT2D eigenvalue weighted by Crippen LogP contribution is -2.26. The summed E-state index contributed by atoms with van der Waals surface area (Å²) in [5, 5.41) is 2.73. The van der Waals surface area contributed by atoms with Crippen LogP contribution in [-0.4, -0.2) is 32.9 Å². The molecule has 0 aromatic heterocycles. The van der Waals surface area contributed by atoms with Gasteiger partial charge in [-0.05, 0) is 6.42 Å². The number of hydrogen-bond acceptors (Lipinski definition) is 3. The van der Waals surface area contributed by atoms with Crippen molar-refractivity contribution in [2.75, 3.05) is 18.6 Å². The fourth-order valence-corrected chi connectivity index (χ4v) is 1.88. The zero-order chi connectivity index (χ0) is 12.4. The fraction of sp³-hybridized carbons (Fsp3) is 0.909. The molecule has 1 N–H and O–H groups in total. The summed E-state index contributed by atoms with van der Waals surface area (Å²) in [5.74, 6) is -0.227. The van der Waals surface area contributed by atoms with E-state index in [-0.39, 0.29) is 18.1 Å². The van der Waals surface area contributed by atoms with E-state index in [1.807, 2.05) is 0 Å². The van der Waals surface area contributed by atoms with Crippen LogP contribution in [-0.2, 0) is 14.6 Å². The van der Waals surface area contributed by atoms with Gasteiger partial charge in [0.1, 0.15) is 9.84 Å². The first-order chi connectivity index (χ1) is 7.45. The quantitative estimate of drug-likeness (QED) is 0.630. The monoisotopic (exact) mass is 249 g/mol. The minimum absolute atomic E-state index is 0.0608. The van der Waals surface area contributed by atoms with Crippen LogP contribution in [0, 0.1) is 0 Å². The molecule has 96 valence electrons. The van der Waals surface area contributed by atoms with E-state index in [1.54, 1.807) is 0 Å². The Morgan fingerprint density at radius 1 is 1.12 bits per heavy atom. The molecule has 0 saturated carbocycles. The molecule has 0 rings (SSSR count). The summed E-state index contributed by atoms with van der Waals surface area (Å²) in [5.41, 5.74) is 0. The van der Waals surface area contributed by atoms with Crippen LogP contribution < -0.4 is 5.32 Å². The Bertz CT molecular complexity index is 286. The Morgan fingerprint density at radius 2 is 1.75 bits per heavy atom. The molecular formula is C11H23NO3S. The lowest BCUT2D eigenvalue weighted by Gasteiger charge is -2.04. The molecule has 0 atom stereocenters. The minimum Gasteiger partial charge on any atom is -0.356 e. The standard InChI is InChI=1S/C11H23NO3S/c1-3-4-5-6-7-9-12-11(13)8-10-16(2,14)15/h3-10H2,1-2H3,(H,12,13). The highest BCUT2D eigenvalue weighted by Gasteiger charge is 2.06. The van der Waals surface area contributed by atoms with Gasteiger partial charge in [0.2, 0.25) is 5.91 Å². The highest BCUT2D eigenvalue weighted by atomic mass is 32.2. The molecule has 0 aliphatic rings. The smallest absolute Gasteiger partial charge is 0.221 e. The molecule has 4 nitrogen and oxygen atoms in total. The molecular weight excluding hydrogens is 226 g/mol. The third kappa shape index (κ3) is 11.5. The van der Waals surface area contributed by atoms with Gasteiger partial charge in [-0.25, -0.2) is 8.42 Å². The lowest BCUT2D eigenvalue weighted by molar-refractivity contribution is -0.120. The zero-order valence-corrected chi connectivity index (χ0v) is 11.1. The van der Waals surface area contributed by atoms with Gasteiger partial charge in [-0.3, -0.25) is 4.79 Å². The van der Waals surface area contributed by atoms with Crippen LogP contribution in [0.4, 0.5) is 0 Å². The van der Waals surface area contributed by atoms with E-state index in [9.17, 15) is 13.2 Å². The molecule has 0 bridgehead atoms. The van der Waals surface area contributed by atoms with Crippen molar-refractivity contribution in [2.45, 2.75) is 45.4 Å². The number of sulfone groups is 1. The molecule has 0 aliphatic heterocycles. The van der Waals surface area contributed by atoms with Crippen molar-refractivity contribution in [3.05, 3.63) is 0 Å². The largest absolute Gasteiger partial charge is 0.356 e. The van der Waals surface area contributed by atoms with Crippen molar-refractivity contribution in [3.63, 3.8) is 0 Å². The molecule has 0 fully saturated rings. The minimum atomic E-state index is -3.02. The number of amides is 1. The first kappa shape index (κ1) is 15.4. The summed E-state index contributed by atoms with van der Waals surface area (Å²) in [6.07, 6.45) is 6.97. The lowest BCUT2D eigenvalue weighted by atomic mass is 10.1. The molecule has 0 aromatic carbocycles. The Labute approximate surface area is 98.7 Å². The second kappa shape index (κ2) is 8.56. The van der Waals surface area contributed by atoms with Gasteiger partial charge in [-0.15, -0.1) is 0 Å². The van der Waals surface area contributed by atoms with Crippen LogP contribution in [0.2, 0.25) is 0 Å². The second-order valence-electron chi connectivity index (χ2n) is 4.14. The maximum absolute atomic E-state index is 11.2. The van der Waals surface area contributed by atoms with Crippen LogP contribution in [0.15, 0.2) is 0 Å². The van der Waals surface area contributed by atoms with Crippen molar-refractivity contribution in [1.82, 2.24) is 5.32 Å². The van der Waals surface area contributed by atoms with Gasteiger partial charge in [-0.1, -0.05) is 32.6 Å². The zero-order valence-electron chi connectivity index (χ0n) is 10.3. The molecule has 0 aromatic rings. The highest BCUT2D eigenvalue weighted by Crippen LogP contribution is 2.01. The van der Waals surface area contributed by atoms with Gasteiger partial charge in [0.15, 0.2) is 0 Å². The van der Waals surface area contributed by atoms with Crippen molar-refractivity contribution < 1.29 is 13.2 Å². The fourth-order valence-electron chi connectivity index (χ4n) is 1.32. The molecule has 0 spiro atoms. The first-order valence-corrected chi connectivity index (χ1v) is 7.96. The predicted octanol–water partition coefficient (Wildman–Crippen LogP) is 1.51. The van der Waals surface area contributed by atoms with Gasteiger partial charge in [0.05, 0.1) is 5.75 Å². The van der Waals surface area contributed by atoms with Crippen LogP contribution in [0.5, 0.6) is 0 Å². The third-order valence-corrected chi connectivity index (χ3v) is 3.25. The van der Waals surface area contributed by atoms with Crippen molar-refractivity contribution >= 4 is 15.7 Å². The highest BCUT2D eigenvalue weighted by molar-refractivity contribution is 7.90. The Balaban J connectivity index is 3.38. The van der Waals surface area contributed by atoms with Crippen molar-refractivity contribution in [2.24, 2.45) is 0 Å². The van der Waals surface area contributed by atoms with E-state index in [0.29, 0.717) is 6.54 Å². The molecule has 0 heterocycles. The van der Waals surface area contributed by atoms with Gasteiger partial charge in [-0.2, -0.15) is 0 Å². The summed E-state index contributed by atoms with van der Waals surface area (Å²) >= 11 is 0. The Morgan fingerprint density at radius 3 is 2.31 bits per heavy atom. The molecule has 0 saturated heterocycles. The maximum atomic E-state index is 11.2. The van der Waals surface area contributed by atoms with E-state index in [4.69, 9.17) is 0 Å². The van der Waals surface area contributed by atoms with Gasteiger partial charge in [0, 0.05) is 19.2 Å². The summed E-state index contributed by atoms with van der Waals surface area (Å²) in [7, 11) is -3.02. The van der Waals surface area contributed by atoms with Gasteiger partial charge >= 0.3 is 0 Å². The molecule has 1 amide bonds. The van der Waals surface area contributed by atoms with Crippen molar-refractivity contribution in [1.29, 1.82) is 0 Å². The van der Waals surface area contributed by atoms with E-state index in [0.717, 1.165) is 19.1 Å². The van der Waals surface area contributed by atoms with Gasteiger partial charge < -0.3 is 5.32 Å². The number of nitrogens with one attached hydrogen (secondary N) is 1. The van der Waals surface area contributed by atoms with Crippen molar-refractivity contribution in [3.8, 4) is 0 Å². The van der Waals surface area contributed by atoms with Crippen LogP contribution in [0.1, 0.15) is 45.4 Å². The Hall–Kier alpha value is -0.580. The number of carbonyl (C=O) groups is 1. The van der Waals surface area contributed by atoms with E-state index in [1.165, 1.54) is 19.3 Å². The SMILES string of the molecule is CCCCCCCNC(=O)CCS(C)(=O)=O. The predicted molar refractivity (Wildman–Crippen MR) is 66.1 cm³/mol. The topological polar surface area (TPSA) is 63.2 Å². The van der Waals surface area contributed by atoms with Gasteiger partial charge in [0.25, 0.3) is 0 Å². The molecule has 16 heavy (non-hydrogen) atoms. The number of unbranched alkanes of at least 4 members (excludes halogenated alkanes) is 4. The second-order valence-corrected chi connectivity index (χ2v) is 6.40. The number of hydrogen-bond donors (Lipinski definition) is 1. The Kier molecular flexibility index (Phi) is 8.25.